The maximum atomic E-state index is 5.80. The molecule has 0 amide bonds. The fraction of sp³-hybridized carbons (Fsp3) is 0.700. The van der Waals surface area contributed by atoms with Crippen LogP contribution in [0.15, 0.2) is 11.3 Å². The van der Waals surface area contributed by atoms with Crippen LogP contribution in [0, 0.1) is 0 Å². The first-order valence-corrected chi connectivity index (χ1v) is 5.65. The maximum Gasteiger partial charge on any atom is 0.189 e. The van der Waals surface area contributed by atoms with Gasteiger partial charge in [-0.2, -0.15) is 0 Å². The minimum Gasteiger partial charge on any atom is -0.370 e. The Morgan fingerprint density at radius 3 is 2.88 bits per heavy atom. The van der Waals surface area contributed by atoms with Crippen molar-refractivity contribution in [2.24, 2.45) is 17.8 Å². The summed E-state index contributed by atoms with van der Waals surface area (Å²) < 4.78 is 1.84. The number of aliphatic imine (C=N–C) groups is 1. The Kier molecular flexibility index (Phi) is 5.66. The van der Waals surface area contributed by atoms with Crippen LogP contribution in [-0.4, -0.2) is 26.8 Å². The fourth-order valence-electron chi connectivity index (χ4n) is 1.93. The van der Waals surface area contributed by atoms with E-state index in [1.807, 2.05) is 11.6 Å². The van der Waals surface area contributed by atoms with Gasteiger partial charge in [-0.25, -0.2) is 4.99 Å². The van der Waals surface area contributed by atoms with E-state index in [1.54, 1.807) is 6.33 Å². The maximum absolute atomic E-state index is 5.80. The van der Waals surface area contributed by atoms with Crippen LogP contribution in [0.25, 0.3) is 0 Å². The van der Waals surface area contributed by atoms with Crippen LogP contribution < -0.4 is 11.1 Å². The van der Waals surface area contributed by atoms with Crippen LogP contribution in [-0.2, 0) is 13.6 Å². The molecule has 0 saturated heterocycles. The van der Waals surface area contributed by atoms with Crippen molar-refractivity contribution >= 4 is 29.9 Å². The van der Waals surface area contributed by atoms with Crippen LogP contribution in [0.3, 0.4) is 0 Å². The lowest BCUT2D eigenvalue weighted by atomic mass is 10.2. The van der Waals surface area contributed by atoms with Crippen LogP contribution in [0.4, 0.5) is 0 Å². The van der Waals surface area contributed by atoms with Crippen LogP contribution >= 0.6 is 24.0 Å². The predicted molar refractivity (Wildman–Crippen MR) is 77.1 cm³/mol. The van der Waals surface area contributed by atoms with E-state index in [4.69, 9.17) is 5.73 Å². The molecule has 2 rings (SSSR count). The van der Waals surface area contributed by atoms with Crippen molar-refractivity contribution in [1.29, 1.82) is 0 Å². The Morgan fingerprint density at radius 1 is 1.59 bits per heavy atom. The summed E-state index contributed by atoms with van der Waals surface area (Å²) in [7, 11) is 1.89. The Bertz CT molecular complexity index is 369. The highest BCUT2D eigenvalue weighted by Gasteiger charge is 2.14. The van der Waals surface area contributed by atoms with E-state index in [9.17, 15) is 0 Å². The molecule has 0 spiro atoms. The second-order valence-corrected chi connectivity index (χ2v) is 4.19. The molecule has 0 unspecified atom stereocenters. The van der Waals surface area contributed by atoms with E-state index in [1.165, 1.54) is 25.7 Å². The largest absolute Gasteiger partial charge is 0.370 e. The molecule has 1 aromatic rings. The SMILES string of the molecule is Cn1cnnc1CN=C(N)NC1CCCC1.I. The summed E-state index contributed by atoms with van der Waals surface area (Å²) in [5.74, 6) is 1.33. The third kappa shape index (κ3) is 4.14. The number of aromatic nitrogens is 3. The average molecular weight is 350 g/mol. The minimum atomic E-state index is 0. The molecular formula is C10H19IN6. The standard InChI is InChI=1S/C10H18N6.HI/c1-16-7-13-15-9(16)6-12-10(11)14-8-4-2-3-5-8;/h7-8H,2-6H2,1H3,(H3,11,12,14);1H. The van der Waals surface area contributed by atoms with E-state index in [-0.39, 0.29) is 24.0 Å². The second-order valence-electron chi connectivity index (χ2n) is 4.19. The predicted octanol–water partition coefficient (Wildman–Crippen LogP) is 0.780. The molecule has 1 aliphatic rings. The van der Waals surface area contributed by atoms with Crippen molar-refractivity contribution < 1.29 is 0 Å². The highest BCUT2D eigenvalue weighted by Crippen LogP contribution is 2.17. The van der Waals surface area contributed by atoms with Crippen molar-refractivity contribution in [2.45, 2.75) is 38.3 Å². The Balaban J connectivity index is 0.00000144. The van der Waals surface area contributed by atoms with Gasteiger partial charge in [0.25, 0.3) is 0 Å². The summed E-state index contributed by atoms with van der Waals surface area (Å²) in [6.07, 6.45) is 6.62. The zero-order valence-corrected chi connectivity index (χ0v) is 12.3. The number of hydrogen-bond acceptors (Lipinski definition) is 3. The van der Waals surface area contributed by atoms with E-state index in [0.29, 0.717) is 18.5 Å². The number of aryl methyl sites for hydroxylation is 1. The van der Waals surface area contributed by atoms with Gasteiger partial charge in [0.05, 0.1) is 0 Å². The van der Waals surface area contributed by atoms with Crippen LogP contribution in [0.1, 0.15) is 31.5 Å². The van der Waals surface area contributed by atoms with Gasteiger partial charge < -0.3 is 15.6 Å². The molecule has 0 atom stereocenters. The number of nitrogens with two attached hydrogens (primary N) is 1. The van der Waals surface area contributed by atoms with Gasteiger partial charge in [-0.1, -0.05) is 12.8 Å². The summed E-state index contributed by atoms with van der Waals surface area (Å²) in [5, 5.41) is 11.0. The molecule has 1 fully saturated rings. The van der Waals surface area contributed by atoms with Gasteiger partial charge in [0.2, 0.25) is 0 Å². The molecule has 0 aliphatic heterocycles. The lowest BCUT2D eigenvalue weighted by molar-refractivity contribution is 0.624. The normalized spacial score (nSPS) is 16.9. The number of halogens is 1. The topological polar surface area (TPSA) is 81.1 Å². The van der Waals surface area contributed by atoms with Crippen molar-refractivity contribution in [3.8, 4) is 0 Å². The monoisotopic (exact) mass is 350 g/mol. The molecule has 0 bridgehead atoms. The molecule has 96 valence electrons. The smallest absolute Gasteiger partial charge is 0.189 e. The van der Waals surface area contributed by atoms with Crippen molar-refractivity contribution in [1.82, 2.24) is 20.1 Å². The van der Waals surface area contributed by atoms with Gasteiger partial charge in [-0.05, 0) is 12.8 Å². The summed E-state index contributed by atoms with van der Waals surface area (Å²) in [6, 6.07) is 0.503. The molecule has 0 aromatic carbocycles. The van der Waals surface area contributed by atoms with Gasteiger partial charge in [0, 0.05) is 13.1 Å². The Morgan fingerprint density at radius 2 is 2.29 bits per heavy atom. The summed E-state index contributed by atoms with van der Waals surface area (Å²) >= 11 is 0. The molecule has 6 nitrogen and oxygen atoms in total. The van der Waals surface area contributed by atoms with E-state index < -0.39 is 0 Å². The summed E-state index contributed by atoms with van der Waals surface area (Å²) in [4.78, 5) is 4.25. The highest BCUT2D eigenvalue weighted by atomic mass is 127. The van der Waals surface area contributed by atoms with Crippen LogP contribution in [0.5, 0.6) is 0 Å². The number of nitrogens with one attached hydrogen (secondary N) is 1. The minimum absolute atomic E-state index is 0. The van der Waals surface area contributed by atoms with Gasteiger partial charge >= 0.3 is 0 Å². The number of nitrogens with zero attached hydrogens (tertiary/aromatic N) is 4. The highest BCUT2D eigenvalue weighted by molar-refractivity contribution is 14.0. The summed E-state index contributed by atoms with van der Waals surface area (Å²) in [5.41, 5.74) is 5.80. The Labute approximate surface area is 118 Å². The molecule has 1 saturated carbocycles. The zero-order valence-electron chi connectivity index (χ0n) is 9.96. The molecule has 1 aromatic heterocycles. The average Bonchev–Trinajstić information content (AvgIpc) is 2.87. The first-order chi connectivity index (χ1) is 7.75. The zero-order chi connectivity index (χ0) is 11.4. The molecular weight excluding hydrogens is 331 g/mol. The van der Waals surface area contributed by atoms with Crippen molar-refractivity contribution in [3.63, 3.8) is 0 Å². The number of rotatable bonds is 3. The van der Waals surface area contributed by atoms with Gasteiger partial charge in [0.15, 0.2) is 11.8 Å². The van der Waals surface area contributed by atoms with Gasteiger partial charge in [-0.15, -0.1) is 34.2 Å². The van der Waals surface area contributed by atoms with E-state index in [2.05, 4.69) is 20.5 Å². The number of hydrogen-bond donors (Lipinski definition) is 2. The molecule has 7 heteroatoms. The molecule has 17 heavy (non-hydrogen) atoms. The fourth-order valence-corrected chi connectivity index (χ4v) is 1.93. The van der Waals surface area contributed by atoms with Gasteiger partial charge in [0.1, 0.15) is 12.9 Å². The quantitative estimate of drug-likeness (QED) is 0.480. The molecule has 1 aliphatic carbocycles. The van der Waals surface area contributed by atoms with E-state index in [0.717, 1.165) is 5.82 Å². The lowest BCUT2D eigenvalue weighted by Gasteiger charge is -2.11. The third-order valence-electron chi connectivity index (χ3n) is 2.90. The van der Waals surface area contributed by atoms with Crippen LogP contribution in [0.2, 0.25) is 0 Å². The third-order valence-corrected chi connectivity index (χ3v) is 2.90. The molecule has 1 heterocycles. The first-order valence-electron chi connectivity index (χ1n) is 5.65. The summed E-state index contributed by atoms with van der Waals surface area (Å²) in [6.45, 7) is 0.474. The van der Waals surface area contributed by atoms with Gasteiger partial charge in [-0.3, -0.25) is 0 Å². The lowest BCUT2D eigenvalue weighted by Crippen LogP contribution is -2.38. The number of guanidine groups is 1. The second kappa shape index (κ2) is 6.77. The van der Waals surface area contributed by atoms with Crippen molar-refractivity contribution in [3.05, 3.63) is 12.2 Å². The first kappa shape index (κ1) is 14.2. The molecule has 0 radical (unpaired) electrons. The Hall–Kier alpha value is -0.860. The molecule has 3 N–H and O–H groups in total. The van der Waals surface area contributed by atoms with Crippen molar-refractivity contribution in [2.75, 3.05) is 0 Å². The van der Waals surface area contributed by atoms with E-state index >= 15 is 0 Å².